The van der Waals surface area contributed by atoms with Crippen molar-refractivity contribution in [1.82, 2.24) is 5.32 Å². The van der Waals surface area contributed by atoms with Gasteiger partial charge in [-0.1, -0.05) is 41.0 Å². The van der Waals surface area contributed by atoms with Crippen LogP contribution in [-0.2, 0) is 9.09 Å². The number of hydrogen-bond donors (Lipinski definition) is 2. The Morgan fingerprint density at radius 1 is 1.37 bits per heavy atom. The molecule has 0 aliphatic rings. The third-order valence-electron chi connectivity index (χ3n) is 2.93. The third-order valence-corrected chi connectivity index (χ3v) is 5.17. The smallest absolute Gasteiger partial charge is 0.323 e. The second-order valence-electron chi connectivity index (χ2n) is 6.08. The zero-order chi connectivity index (χ0) is 15.3. The number of rotatable bonds is 8. The summed E-state index contributed by atoms with van der Waals surface area (Å²) in [6.45, 7) is 10.9. The van der Waals surface area contributed by atoms with E-state index in [0.717, 1.165) is 0 Å². The highest BCUT2D eigenvalue weighted by Crippen LogP contribution is 2.54. The van der Waals surface area contributed by atoms with Gasteiger partial charge in [-0.25, -0.2) is 4.39 Å². The summed E-state index contributed by atoms with van der Waals surface area (Å²) in [5.74, 6) is -0.921. The Labute approximate surface area is 116 Å². The van der Waals surface area contributed by atoms with Gasteiger partial charge in [0.2, 0.25) is 0 Å². The molecule has 19 heavy (non-hydrogen) atoms. The Morgan fingerprint density at radius 3 is 2.26 bits per heavy atom. The number of alkyl halides is 1. The molecule has 0 saturated heterocycles. The van der Waals surface area contributed by atoms with Crippen LogP contribution in [0.15, 0.2) is 0 Å². The number of hydrogen-bond acceptors (Lipinski definition) is 3. The molecule has 4 unspecified atom stereocenters. The van der Waals surface area contributed by atoms with Crippen molar-refractivity contribution in [2.24, 2.45) is 5.41 Å². The second kappa shape index (κ2) is 7.72. The molecule has 0 rings (SSSR count). The molecular weight excluding hydrogens is 268 g/mol. The predicted molar refractivity (Wildman–Crippen MR) is 76.8 cm³/mol. The van der Waals surface area contributed by atoms with Gasteiger partial charge in [-0.2, -0.15) is 0 Å². The van der Waals surface area contributed by atoms with E-state index in [9.17, 15) is 13.8 Å². The molecule has 0 aromatic carbocycles. The van der Waals surface area contributed by atoms with E-state index in [1.54, 1.807) is 27.7 Å². The van der Waals surface area contributed by atoms with Gasteiger partial charge in [-0.15, -0.1) is 0 Å². The molecule has 4 atom stereocenters. The van der Waals surface area contributed by atoms with Crippen molar-refractivity contribution < 1.29 is 18.4 Å². The minimum atomic E-state index is -3.93. The molecule has 0 saturated carbocycles. The zero-order valence-corrected chi connectivity index (χ0v) is 13.8. The lowest BCUT2D eigenvalue weighted by molar-refractivity contribution is 0.140. The fourth-order valence-corrected chi connectivity index (χ4v) is 3.85. The van der Waals surface area contributed by atoms with Crippen LogP contribution in [0.25, 0.3) is 0 Å². The minimum Gasteiger partial charge on any atom is -0.323 e. The van der Waals surface area contributed by atoms with Crippen LogP contribution in [0.3, 0.4) is 0 Å². The summed E-state index contributed by atoms with van der Waals surface area (Å²) in [6.07, 6.45) is 0.000138. The molecular formula is C13H29FNO3P. The predicted octanol–water partition coefficient (Wildman–Crippen LogP) is 4.04. The molecule has 0 heterocycles. The number of halogens is 1. The van der Waals surface area contributed by atoms with E-state index >= 15 is 0 Å². The summed E-state index contributed by atoms with van der Waals surface area (Å²) in [4.78, 5) is 10.1. The average Bonchev–Trinajstić information content (AvgIpc) is 2.23. The summed E-state index contributed by atoms with van der Waals surface area (Å²) in [7, 11) is -3.93. The SMILES string of the molecule is CCCC(F)NC(C(C)(C)C)P(=O)(O)OC(C)CC. The van der Waals surface area contributed by atoms with Gasteiger partial charge >= 0.3 is 7.60 Å². The van der Waals surface area contributed by atoms with E-state index in [1.807, 2.05) is 13.8 Å². The lowest BCUT2D eigenvalue weighted by Gasteiger charge is -2.36. The van der Waals surface area contributed by atoms with Crippen LogP contribution in [0.4, 0.5) is 4.39 Å². The highest BCUT2D eigenvalue weighted by molar-refractivity contribution is 7.53. The molecule has 0 fully saturated rings. The fraction of sp³-hybridized carbons (Fsp3) is 1.00. The Morgan fingerprint density at radius 2 is 1.89 bits per heavy atom. The van der Waals surface area contributed by atoms with Crippen molar-refractivity contribution in [3.63, 3.8) is 0 Å². The summed E-state index contributed by atoms with van der Waals surface area (Å²) < 4.78 is 31.3. The molecule has 0 aromatic heterocycles. The van der Waals surface area contributed by atoms with Crippen LogP contribution in [0.1, 0.15) is 60.8 Å². The van der Waals surface area contributed by atoms with E-state index < -0.39 is 25.1 Å². The van der Waals surface area contributed by atoms with E-state index in [1.165, 1.54) is 0 Å². The van der Waals surface area contributed by atoms with Crippen molar-refractivity contribution in [3.05, 3.63) is 0 Å². The molecule has 2 N–H and O–H groups in total. The van der Waals surface area contributed by atoms with E-state index in [4.69, 9.17) is 4.52 Å². The average molecular weight is 297 g/mol. The number of nitrogens with one attached hydrogen (secondary N) is 1. The van der Waals surface area contributed by atoms with Gasteiger partial charge in [0.05, 0.1) is 6.10 Å². The summed E-state index contributed by atoms with van der Waals surface area (Å²) >= 11 is 0. The first-order valence-corrected chi connectivity index (χ1v) is 8.60. The van der Waals surface area contributed by atoms with Crippen molar-refractivity contribution in [2.75, 3.05) is 0 Å². The second-order valence-corrected chi connectivity index (χ2v) is 7.94. The molecule has 0 amide bonds. The van der Waals surface area contributed by atoms with Crippen molar-refractivity contribution in [2.45, 2.75) is 79.0 Å². The molecule has 0 spiro atoms. The fourth-order valence-electron chi connectivity index (χ4n) is 1.73. The highest BCUT2D eigenvalue weighted by Gasteiger charge is 2.43. The Bertz CT molecular complexity index is 307. The zero-order valence-electron chi connectivity index (χ0n) is 12.9. The van der Waals surface area contributed by atoms with Gasteiger partial charge in [-0.05, 0) is 25.2 Å². The monoisotopic (exact) mass is 297 g/mol. The lowest BCUT2D eigenvalue weighted by atomic mass is 9.96. The first kappa shape index (κ1) is 19.0. The van der Waals surface area contributed by atoms with E-state index in [2.05, 4.69) is 5.32 Å². The van der Waals surface area contributed by atoms with E-state index in [0.29, 0.717) is 19.3 Å². The lowest BCUT2D eigenvalue weighted by Crippen LogP contribution is -2.44. The highest BCUT2D eigenvalue weighted by atomic mass is 31.2. The topological polar surface area (TPSA) is 58.6 Å². The van der Waals surface area contributed by atoms with E-state index in [-0.39, 0.29) is 6.10 Å². The van der Waals surface area contributed by atoms with Gasteiger partial charge < -0.3 is 9.42 Å². The maximum atomic E-state index is 13.7. The Hall–Kier alpha value is 0.0400. The summed E-state index contributed by atoms with van der Waals surface area (Å²) in [6, 6.07) is 0. The molecule has 116 valence electrons. The van der Waals surface area contributed by atoms with Crippen molar-refractivity contribution >= 4 is 7.60 Å². The third kappa shape index (κ3) is 6.84. The maximum Gasteiger partial charge on any atom is 0.345 e. The van der Waals surface area contributed by atoms with Crippen LogP contribution in [0.5, 0.6) is 0 Å². The molecule has 0 aliphatic carbocycles. The van der Waals surface area contributed by atoms with Crippen LogP contribution in [-0.4, -0.2) is 23.1 Å². The van der Waals surface area contributed by atoms with Crippen LogP contribution >= 0.6 is 7.60 Å². The van der Waals surface area contributed by atoms with Gasteiger partial charge in [0.15, 0.2) is 6.30 Å². The van der Waals surface area contributed by atoms with Gasteiger partial charge in [0.25, 0.3) is 0 Å². The maximum absolute atomic E-state index is 13.7. The standard InChI is InChI=1S/C13H29FNO3P/c1-7-9-11(14)15-12(13(4,5)6)19(16,17)18-10(3)8-2/h10-12,15H,7-9H2,1-6H3,(H,16,17). The minimum absolute atomic E-state index is 0.315. The molecule has 4 nitrogen and oxygen atoms in total. The largest absolute Gasteiger partial charge is 0.345 e. The quantitative estimate of drug-likeness (QED) is 0.524. The van der Waals surface area contributed by atoms with Crippen LogP contribution in [0, 0.1) is 5.41 Å². The van der Waals surface area contributed by atoms with Gasteiger partial charge in [-0.3, -0.25) is 9.88 Å². The molecule has 0 radical (unpaired) electrons. The first-order valence-electron chi connectivity index (χ1n) is 6.95. The Kier molecular flexibility index (Phi) is 7.74. The van der Waals surface area contributed by atoms with Crippen molar-refractivity contribution in [1.29, 1.82) is 0 Å². The molecule has 0 bridgehead atoms. The molecule has 0 aliphatic heterocycles. The Balaban J connectivity index is 4.98. The summed E-state index contributed by atoms with van der Waals surface area (Å²) in [5, 5.41) is 2.62. The normalized spacial score (nSPS) is 20.6. The van der Waals surface area contributed by atoms with Crippen LogP contribution in [0.2, 0.25) is 0 Å². The van der Waals surface area contributed by atoms with Gasteiger partial charge in [0.1, 0.15) is 5.78 Å². The molecule has 0 aromatic rings. The van der Waals surface area contributed by atoms with Crippen LogP contribution < -0.4 is 5.32 Å². The van der Waals surface area contributed by atoms with Gasteiger partial charge in [0, 0.05) is 0 Å². The molecule has 6 heteroatoms. The summed E-state index contributed by atoms with van der Waals surface area (Å²) in [5.41, 5.74) is -0.574. The first-order chi connectivity index (χ1) is 8.54. The van der Waals surface area contributed by atoms with Crippen molar-refractivity contribution in [3.8, 4) is 0 Å².